The minimum absolute atomic E-state index is 0.0309. The van der Waals surface area contributed by atoms with E-state index in [1.807, 2.05) is 10.6 Å². The van der Waals surface area contributed by atoms with E-state index in [1.54, 1.807) is 30.1 Å². The van der Waals surface area contributed by atoms with Gasteiger partial charge in [0.15, 0.2) is 5.58 Å². The number of carbonyl (C=O) groups is 1. The molecule has 1 saturated carbocycles. The summed E-state index contributed by atoms with van der Waals surface area (Å²) >= 11 is 0. The van der Waals surface area contributed by atoms with Gasteiger partial charge in [-0.05, 0) is 37.8 Å². The van der Waals surface area contributed by atoms with Gasteiger partial charge in [-0.3, -0.25) is 13.9 Å². The van der Waals surface area contributed by atoms with Gasteiger partial charge in [0.25, 0.3) is 0 Å². The second-order valence-electron chi connectivity index (χ2n) is 8.65. The standard InChI is InChI=1S/C22H27N5O4/c1-24-21(29)27(16-6-2-3-7-16)20(23-24)15-10-12-25(13-11-15)19(28)14-26-17-8-4-5-9-18(17)31-22(26)30/h4-5,8-9,15-16H,2-3,6-7,10-14H2,1H3. The van der Waals surface area contributed by atoms with Crippen LogP contribution in [0.2, 0.25) is 0 Å². The van der Waals surface area contributed by atoms with Crippen LogP contribution in [0.15, 0.2) is 38.3 Å². The molecule has 3 aromatic rings. The van der Waals surface area contributed by atoms with E-state index in [4.69, 9.17) is 4.42 Å². The number of piperidine rings is 1. The fourth-order valence-electron chi connectivity index (χ4n) is 5.07. The number of aromatic nitrogens is 4. The molecule has 2 aliphatic rings. The van der Waals surface area contributed by atoms with Gasteiger partial charge in [0.05, 0.1) is 5.52 Å². The molecule has 0 spiro atoms. The van der Waals surface area contributed by atoms with E-state index >= 15 is 0 Å². The highest BCUT2D eigenvalue weighted by Crippen LogP contribution is 2.33. The Balaban J connectivity index is 1.29. The Labute approximate surface area is 178 Å². The van der Waals surface area contributed by atoms with Crippen molar-refractivity contribution >= 4 is 17.0 Å². The number of para-hydroxylation sites is 2. The summed E-state index contributed by atoms with van der Waals surface area (Å²) in [5.41, 5.74) is 1.08. The molecule has 1 amide bonds. The molecule has 1 aliphatic heterocycles. The normalized spacial score (nSPS) is 18.3. The monoisotopic (exact) mass is 425 g/mol. The highest BCUT2D eigenvalue weighted by Gasteiger charge is 2.31. The number of aryl methyl sites for hydroxylation is 1. The first kappa shape index (κ1) is 19.8. The summed E-state index contributed by atoms with van der Waals surface area (Å²) in [6.45, 7) is 1.14. The minimum Gasteiger partial charge on any atom is -0.408 e. The molecular formula is C22H27N5O4. The van der Waals surface area contributed by atoms with Gasteiger partial charge in [-0.1, -0.05) is 25.0 Å². The molecule has 3 heterocycles. The zero-order chi connectivity index (χ0) is 21.5. The van der Waals surface area contributed by atoms with E-state index in [0.29, 0.717) is 24.2 Å². The summed E-state index contributed by atoms with van der Waals surface area (Å²) in [4.78, 5) is 39.5. The Hall–Kier alpha value is -3.10. The molecule has 1 aromatic carbocycles. The number of rotatable bonds is 4. The van der Waals surface area contributed by atoms with Crippen LogP contribution >= 0.6 is 0 Å². The summed E-state index contributed by atoms with van der Waals surface area (Å²) in [6, 6.07) is 7.37. The predicted molar refractivity (Wildman–Crippen MR) is 114 cm³/mol. The maximum absolute atomic E-state index is 12.9. The van der Waals surface area contributed by atoms with E-state index < -0.39 is 5.76 Å². The van der Waals surface area contributed by atoms with E-state index in [-0.39, 0.29) is 30.1 Å². The fourth-order valence-corrected chi connectivity index (χ4v) is 5.07. The maximum atomic E-state index is 12.9. The lowest BCUT2D eigenvalue weighted by atomic mass is 9.95. The van der Waals surface area contributed by atoms with Gasteiger partial charge in [0.2, 0.25) is 5.91 Å². The van der Waals surface area contributed by atoms with Crippen molar-refractivity contribution in [1.29, 1.82) is 0 Å². The number of hydrogen-bond donors (Lipinski definition) is 0. The van der Waals surface area contributed by atoms with Crippen LogP contribution in [0.25, 0.3) is 11.1 Å². The molecule has 9 nitrogen and oxygen atoms in total. The van der Waals surface area contributed by atoms with Crippen LogP contribution in [0.1, 0.15) is 56.3 Å². The quantitative estimate of drug-likeness (QED) is 0.637. The molecule has 0 bridgehead atoms. The minimum atomic E-state index is -0.515. The second-order valence-corrected chi connectivity index (χ2v) is 8.65. The lowest BCUT2D eigenvalue weighted by Gasteiger charge is -2.32. The maximum Gasteiger partial charge on any atom is 0.420 e. The Bertz CT molecular complexity index is 1220. The highest BCUT2D eigenvalue weighted by atomic mass is 16.4. The van der Waals surface area contributed by atoms with Crippen molar-refractivity contribution in [1.82, 2.24) is 23.8 Å². The van der Waals surface area contributed by atoms with Crippen LogP contribution in [-0.4, -0.2) is 42.8 Å². The lowest BCUT2D eigenvalue weighted by molar-refractivity contribution is -0.133. The first-order valence-electron chi connectivity index (χ1n) is 11.0. The molecule has 0 N–H and O–H groups in total. The van der Waals surface area contributed by atoms with Crippen molar-refractivity contribution in [2.75, 3.05) is 13.1 Å². The smallest absolute Gasteiger partial charge is 0.408 e. The summed E-state index contributed by atoms with van der Waals surface area (Å²) < 4.78 is 9.98. The van der Waals surface area contributed by atoms with Crippen molar-refractivity contribution < 1.29 is 9.21 Å². The molecule has 0 radical (unpaired) electrons. The van der Waals surface area contributed by atoms with Crippen LogP contribution in [0.4, 0.5) is 0 Å². The molecule has 0 unspecified atom stereocenters. The van der Waals surface area contributed by atoms with Crippen LogP contribution in [-0.2, 0) is 18.4 Å². The van der Waals surface area contributed by atoms with Gasteiger partial charge < -0.3 is 9.32 Å². The Kier molecular flexibility index (Phi) is 5.03. The number of likely N-dealkylation sites (tertiary alicyclic amines) is 1. The average molecular weight is 425 g/mol. The zero-order valence-electron chi connectivity index (χ0n) is 17.7. The number of hydrogen-bond acceptors (Lipinski definition) is 5. The second kappa shape index (κ2) is 7.86. The third kappa shape index (κ3) is 3.51. The van der Waals surface area contributed by atoms with Gasteiger partial charge in [0.1, 0.15) is 12.4 Å². The van der Waals surface area contributed by atoms with Gasteiger partial charge in [0, 0.05) is 32.1 Å². The lowest BCUT2D eigenvalue weighted by Crippen LogP contribution is -2.41. The van der Waals surface area contributed by atoms with Crippen molar-refractivity contribution in [2.24, 2.45) is 7.05 Å². The summed E-state index contributed by atoms with van der Waals surface area (Å²) in [5, 5.41) is 4.56. The van der Waals surface area contributed by atoms with Crippen molar-refractivity contribution in [3.63, 3.8) is 0 Å². The van der Waals surface area contributed by atoms with Crippen LogP contribution < -0.4 is 11.4 Å². The predicted octanol–water partition coefficient (Wildman–Crippen LogP) is 2.01. The molecule has 164 valence electrons. The third-order valence-electron chi connectivity index (χ3n) is 6.75. The summed E-state index contributed by atoms with van der Waals surface area (Å²) in [7, 11) is 1.71. The topological polar surface area (TPSA) is 95.3 Å². The van der Waals surface area contributed by atoms with Gasteiger partial charge in [-0.25, -0.2) is 14.3 Å². The van der Waals surface area contributed by atoms with E-state index in [0.717, 1.165) is 44.3 Å². The molecule has 1 aliphatic carbocycles. The largest absolute Gasteiger partial charge is 0.420 e. The first-order chi connectivity index (χ1) is 15.0. The van der Waals surface area contributed by atoms with E-state index in [9.17, 15) is 14.4 Å². The molecule has 2 fully saturated rings. The number of oxazole rings is 1. The van der Waals surface area contributed by atoms with Crippen LogP contribution in [0.5, 0.6) is 0 Å². The Morgan fingerprint density at radius 2 is 1.81 bits per heavy atom. The summed E-state index contributed by atoms with van der Waals surface area (Å²) in [5.74, 6) is 0.416. The van der Waals surface area contributed by atoms with Crippen molar-refractivity contribution in [3.8, 4) is 0 Å². The van der Waals surface area contributed by atoms with Gasteiger partial charge in [-0.2, -0.15) is 5.10 Å². The average Bonchev–Trinajstić information content (AvgIpc) is 3.48. The molecule has 1 saturated heterocycles. The van der Waals surface area contributed by atoms with Crippen LogP contribution in [0.3, 0.4) is 0 Å². The molecular weight excluding hydrogens is 398 g/mol. The molecule has 31 heavy (non-hydrogen) atoms. The third-order valence-corrected chi connectivity index (χ3v) is 6.75. The van der Waals surface area contributed by atoms with Gasteiger partial charge >= 0.3 is 11.4 Å². The molecule has 0 atom stereocenters. The van der Waals surface area contributed by atoms with E-state index in [1.165, 1.54) is 9.25 Å². The van der Waals surface area contributed by atoms with Crippen molar-refractivity contribution in [3.05, 3.63) is 51.1 Å². The highest BCUT2D eigenvalue weighted by molar-refractivity contribution is 5.79. The number of nitrogens with zero attached hydrogens (tertiary/aromatic N) is 5. The number of amides is 1. The van der Waals surface area contributed by atoms with Crippen molar-refractivity contribution in [2.45, 2.75) is 57.0 Å². The zero-order valence-corrected chi connectivity index (χ0v) is 17.7. The molecule has 2 aromatic heterocycles. The van der Waals surface area contributed by atoms with Crippen LogP contribution in [0, 0.1) is 0 Å². The number of fused-ring (bicyclic) bond motifs is 1. The summed E-state index contributed by atoms with van der Waals surface area (Å²) in [6.07, 6.45) is 5.89. The Morgan fingerprint density at radius 3 is 2.55 bits per heavy atom. The van der Waals surface area contributed by atoms with Gasteiger partial charge in [-0.15, -0.1) is 0 Å². The number of benzene rings is 1. The molecule has 9 heteroatoms. The fraction of sp³-hybridized carbons (Fsp3) is 0.545. The first-order valence-corrected chi connectivity index (χ1v) is 11.0. The Morgan fingerprint density at radius 1 is 1.10 bits per heavy atom. The van der Waals surface area contributed by atoms with E-state index in [2.05, 4.69) is 5.10 Å². The molecule has 5 rings (SSSR count). The number of carbonyl (C=O) groups excluding carboxylic acids is 1. The SMILES string of the molecule is Cn1nc(C2CCN(C(=O)Cn3c(=O)oc4ccccc43)CC2)n(C2CCCC2)c1=O.